The van der Waals surface area contributed by atoms with Gasteiger partial charge in [0.1, 0.15) is 6.61 Å². The number of nitriles is 1. The molecule has 17 heavy (non-hydrogen) atoms. The summed E-state index contributed by atoms with van der Waals surface area (Å²) in [5, 5.41) is 8.65. The number of hydrogen-bond donors (Lipinski definition) is 0. The van der Waals surface area contributed by atoms with Crippen molar-refractivity contribution in [2.24, 2.45) is 5.92 Å². The lowest BCUT2D eigenvalue weighted by Crippen LogP contribution is -2.14. The molecule has 0 N–H and O–H groups in total. The van der Waals surface area contributed by atoms with Crippen molar-refractivity contribution in [1.82, 2.24) is 0 Å². The van der Waals surface area contributed by atoms with Crippen molar-refractivity contribution in [3.05, 3.63) is 35.4 Å². The number of ether oxygens (including phenoxy) is 1. The third kappa shape index (κ3) is 3.07. The normalized spacial score (nSPS) is 15.5. The first-order chi connectivity index (χ1) is 8.29. The number of benzene rings is 1. The molecule has 0 aliphatic heterocycles. The van der Waals surface area contributed by atoms with Crippen LogP contribution in [0.25, 0.3) is 0 Å². The highest BCUT2D eigenvalue weighted by molar-refractivity contribution is 5.72. The Morgan fingerprint density at radius 3 is 2.53 bits per heavy atom. The molecule has 3 nitrogen and oxygen atoms in total. The summed E-state index contributed by atoms with van der Waals surface area (Å²) in [4.78, 5) is 11.7. The SMILES string of the molecule is N#Cc1ccc(COC(=O)C2CCCC2)cc1. The van der Waals surface area contributed by atoms with E-state index in [2.05, 4.69) is 6.07 Å². The average Bonchev–Trinajstić information content (AvgIpc) is 2.90. The molecule has 1 saturated carbocycles. The molecule has 0 unspecified atom stereocenters. The molecule has 0 saturated heterocycles. The van der Waals surface area contributed by atoms with Crippen LogP contribution in [0, 0.1) is 17.2 Å². The van der Waals surface area contributed by atoms with Gasteiger partial charge >= 0.3 is 5.97 Å². The second-order valence-corrected chi connectivity index (χ2v) is 4.40. The highest BCUT2D eigenvalue weighted by atomic mass is 16.5. The molecule has 0 heterocycles. The van der Waals surface area contributed by atoms with Crippen molar-refractivity contribution < 1.29 is 9.53 Å². The average molecular weight is 229 g/mol. The summed E-state index contributed by atoms with van der Waals surface area (Å²) in [5.41, 5.74) is 1.55. The van der Waals surface area contributed by atoms with Gasteiger partial charge in [-0.15, -0.1) is 0 Å². The van der Waals surface area contributed by atoms with Crippen LogP contribution in [0.1, 0.15) is 36.8 Å². The summed E-state index contributed by atoms with van der Waals surface area (Å²) in [6, 6.07) is 9.17. The van der Waals surface area contributed by atoms with E-state index in [1.165, 1.54) is 0 Å². The first kappa shape index (κ1) is 11.7. The van der Waals surface area contributed by atoms with Crippen LogP contribution >= 0.6 is 0 Å². The van der Waals surface area contributed by atoms with Gasteiger partial charge in [0.05, 0.1) is 17.6 Å². The zero-order valence-electron chi connectivity index (χ0n) is 9.69. The van der Waals surface area contributed by atoms with Crippen LogP contribution in [0.2, 0.25) is 0 Å². The van der Waals surface area contributed by atoms with Gasteiger partial charge in [0.2, 0.25) is 0 Å². The highest BCUT2D eigenvalue weighted by Gasteiger charge is 2.23. The van der Waals surface area contributed by atoms with Gasteiger partial charge < -0.3 is 4.74 Å². The number of carbonyl (C=O) groups is 1. The molecular formula is C14H15NO2. The summed E-state index contributed by atoms with van der Waals surface area (Å²) in [7, 11) is 0. The molecule has 0 atom stereocenters. The van der Waals surface area contributed by atoms with Crippen LogP contribution in [-0.2, 0) is 16.1 Å². The lowest BCUT2D eigenvalue weighted by atomic mass is 10.1. The molecule has 2 rings (SSSR count). The van der Waals surface area contributed by atoms with E-state index in [0.717, 1.165) is 31.2 Å². The molecular weight excluding hydrogens is 214 g/mol. The topological polar surface area (TPSA) is 50.1 Å². The molecule has 0 radical (unpaired) electrons. The Labute approximate surface area is 101 Å². The summed E-state index contributed by atoms with van der Waals surface area (Å²) in [6.07, 6.45) is 4.20. The molecule has 1 aromatic carbocycles. The van der Waals surface area contributed by atoms with Crippen molar-refractivity contribution in [2.45, 2.75) is 32.3 Å². The first-order valence-corrected chi connectivity index (χ1v) is 5.95. The minimum absolute atomic E-state index is 0.0770. The molecule has 3 heteroatoms. The van der Waals surface area contributed by atoms with Gasteiger partial charge in [-0.25, -0.2) is 0 Å². The highest BCUT2D eigenvalue weighted by Crippen LogP contribution is 2.26. The first-order valence-electron chi connectivity index (χ1n) is 5.95. The van der Waals surface area contributed by atoms with E-state index in [4.69, 9.17) is 10.00 Å². The van der Waals surface area contributed by atoms with Gasteiger partial charge in [-0.05, 0) is 30.5 Å². The van der Waals surface area contributed by atoms with E-state index in [1.54, 1.807) is 12.1 Å². The van der Waals surface area contributed by atoms with E-state index in [0.29, 0.717) is 12.2 Å². The summed E-state index contributed by atoms with van der Waals surface area (Å²) in [5.74, 6) is 0.0280. The van der Waals surface area contributed by atoms with E-state index < -0.39 is 0 Å². The van der Waals surface area contributed by atoms with Gasteiger partial charge in [-0.2, -0.15) is 5.26 Å². The second kappa shape index (κ2) is 5.49. The smallest absolute Gasteiger partial charge is 0.309 e. The molecule has 1 aliphatic rings. The van der Waals surface area contributed by atoms with Gasteiger partial charge in [-0.3, -0.25) is 4.79 Å². The number of esters is 1. The Kier molecular flexibility index (Phi) is 3.77. The largest absolute Gasteiger partial charge is 0.461 e. The third-order valence-corrected chi connectivity index (χ3v) is 3.15. The lowest BCUT2D eigenvalue weighted by molar-refractivity contribution is -0.149. The molecule has 1 aromatic rings. The van der Waals surface area contributed by atoms with E-state index in [-0.39, 0.29) is 11.9 Å². The molecule has 1 fully saturated rings. The number of rotatable bonds is 3. The molecule has 0 spiro atoms. The minimum Gasteiger partial charge on any atom is -0.461 e. The summed E-state index contributed by atoms with van der Waals surface area (Å²) in [6.45, 7) is 0.307. The number of nitrogens with zero attached hydrogens (tertiary/aromatic N) is 1. The van der Waals surface area contributed by atoms with Crippen molar-refractivity contribution in [3.8, 4) is 6.07 Å². The maximum absolute atomic E-state index is 11.7. The molecule has 0 amide bonds. The molecule has 1 aliphatic carbocycles. The van der Waals surface area contributed by atoms with Crippen LogP contribution in [-0.4, -0.2) is 5.97 Å². The minimum atomic E-state index is -0.0770. The Bertz CT molecular complexity index is 425. The molecule has 88 valence electrons. The van der Waals surface area contributed by atoms with E-state index >= 15 is 0 Å². The van der Waals surface area contributed by atoms with Gasteiger partial charge in [0.25, 0.3) is 0 Å². The fourth-order valence-electron chi connectivity index (χ4n) is 2.11. The third-order valence-electron chi connectivity index (χ3n) is 3.15. The zero-order chi connectivity index (χ0) is 12.1. The Balaban J connectivity index is 1.84. The summed E-state index contributed by atoms with van der Waals surface area (Å²) >= 11 is 0. The predicted octanol–water partition coefficient (Wildman–Crippen LogP) is 2.79. The van der Waals surface area contributed by atoms with E-state index in [9.17, 15) is 4.79 Å². The lowest BCUT2D eigenvalue weighted by Gasteiger charge is -2.09. The van der Waals surface area contributed by atoms with Crippen LogP contribution in [0.3, 0.4) is 0 Å². The molecule has 0 bridgehead atoms. The van der Waals surface area contributed by atoms with Gasteiger partial charge in [-0.1, -0.05) is 25.0 Å². The van der Waals surface area contributed by atoms with Crippen LogP contribution in [0.5, 0.6) is 0 Å². The maximum Gasteiger partial charge on any atom is 0.309 e. The zero-order valence-corrected chi connectivity index (χ0v) is 9.69. The Morgan fingerprint density at radius 2 is 1.94 bits per heavy atom. The number of hydrogen-bond acceptors (Lipinski definition) is 3. The monoisotopic (exact) mass is 229 g/mol. The number of carbonyl (C=O) groups excluding carboxylic acids is 1. The van der Waals surface area contributed by atoms with Gasteiger partial charge in [0.15, 0.2) is 0 Å². The maximum atomic E-state index is 11.7. The van der Waals surface area contributed by atoms with Gasteiger partial charge in [0, 0.05) is 0 Å². The Hall–Kier alpha value is -1.82. The van der Waals surface area contributed by atoms with E-state index in [1.807, 2.05) is 12.1 Å². The summed E-state index contributed by atoms with van der Waals surface area (Å²) < 4.78 is 5.26. The predicted molar refractivity (Wildman–Crippen MR) is 62.9 cm³/mol. The fourth-order valence-corrected chi connectivity index (χ4v) is 2.11. The Morgan fingerprint density at radius 1 is 1.29 bits per heavy atom. The standard InChI is InChI=1S/C14H15NO2/c15-9-11-5-7-12(8-6-11)10-17-14(16)13-3-1-2-4-13/h5-8,13H,1-4,10H2. The van der Waals surface area contributed by atoms with Crippen LogP contribution in [0.4, 0.5) is 0 Å². The quantitative estimate of drug-likeness (QED) is 0.749. The fraction of sp³-hybridized carbons (Fsp3) is 0.429. The van der Waals surface area contributed by atoms with Crippen LogP contribution < -0.4 is 0 Å². The second-order valence-electron chi connectivity index (χ2n) is 4.40. The van der Waals surface area contributed by atoms with Crippen molar-refractivity contribution in [3.63, 3.8) is 0 Å². The van der Waals surface area contributed by atoms with Crippen molar-refractivity contribution >= 4 is 5.97 Å². The van der Waals surface area contributed by atoms with Crippen molar-refractivity contribution in [1.29, 1.82) is 5.26 Å². The molecule has 0 aromatic heterocycles. The van der Waals surface area contributed by atoms with Crippen LogP contribution in [0.15, 0.2) is 24.3 Å². The van der Waals surface area contributed by atoms with Crippen molar-refractivity contribution in [2.75, 3.05) is 0 Å².